The van der Waals surface area contributed by atoms with Crippen LogP contribution in [0, 0.1) is 0 Å². The second kappa shape index (κ2) is 6.94. The average Bonchev–Trinajstić information content (AvgIpc) is 3.26. The van der Waals surface area contributed by atoms with Crippen LogP contribution in [0.2, 0.25) is 0 Å². The molecule has 3 aromatic heterocycles. The zero-order valence-corrected chi connectivity index (χ0v) is 14.4. The quantitative estimate of drug-likeness (QED) is 0.497. The van der Waals surface area contributed by atoms with Gasteiger partial charge in [-0.2, -0.15) is 0 Å². The topological polar surface area (TPSA) is 70.1 Å². The standard InChI is InChI=1S/C17H16N6OS/c1-24-15-7-5-13(6-8-15)10-23-17(19-20-21-23)25-12-14-11-22-9-3-2-4-16(22)18-14/h2-9,11H,10,12H2,1H3. The van der Waals surface area contributed by atoms with Gasteiger partial charge in [0, 0.05) is 18.1 Å². The Hall–Kier alpha value is -2.87. The van der Waals surface area contributed by atoms with Gasteiger partial charge in [-0.25, -0.2) is 9.67 Å². The summed E-state index contributed by atoms with van der Waals surface area (Å²) in [6.45, 7) is 0.616. The first-order valence-electron chi connectivity index (χ1n) is 7.76. The van der Waals surface area contributed by atoms with Crippen molar-refractivity contribution in [2.45, 2.75) is 17.5 Å². The molecule has 0 aliphatic carbocycles. The van der Waals surface area contributed by atoms with Crippen LogP contribution in [0.5, 0.6) is 5.75 Å². The summed E-state index contributed by atoms with van der Waals surface area (Å²) in [6.07, 6.45) is 4.02. The second-order valence-corrected chi connectivity index (χ2v) is 6.40. The average molecular weight is 352 g/mol. The second-order valence-electron chi connectivity index (χ2n) is 5.45. The van der Waals surface area contributed by atoms with E-state index in [4.69, 9.17) is 4.74 Å². The van der Waals surface area contributed by atoms with Crippen LogP contribution in [0.15, 0.2) is 60.0 Å². The van der Waals surface area contributed by atoms with Crippen molar-refractivity contribution in [3.05, 3.63) is 66.1 Å². The smallest absolute Gasteiger partial charge is 0.210 e. The predicted octanol–water partition coefficient (Wildman–Crippen LogP) is 2.67. The van der Waals surface area contributed by atoms with Gasteiger partial charge in [0.1, 0.15) is 11.4 Å². The summed E-state index contributed by atoms with van der Waals surface area (Å²) < 4.78 is 8.98. The lowest BCUT2D eigenvalue weighted by Gasteiger charge is -2.05. The number of ether oxygens (including phenoxy) is 1. The molecule has 3 heterocycles. The van der Waals surface area contributed by atoms with Gasteiger partial charge in [0.25, 0.3) is 0 Å². The van der Waals surface area contributed by atoms with E-state index in [1.807, 2.05) is 59.3 Å². The summed E-state index contributed by atoms with van der Waals surface area (Å²) in [6, 6.07) is 13.8. The molecule has 8 heteroatoms. The number of pyridine rings is 1. The molecule has 4 aromatic rings. The van der Waals surface area contributed by atoms with Crippen LogP contribution in [-0.4, -0.2) is 36.7 Å². The van der Waals surface area contributed by atoms with Crippen LogP contribution < -0.4 is 4.74 Å². The maximum absolute atomic E-state index is 5.18. The summed E-state index contributed by atoms with van der Waals surface area (Å²) in [5.74, 6) is 1.55. The highest BCUT2D eigenvalue weighted by Crippen LogP contribution is 2.21. The van der Waals surface area contributed by atoms with Gasteiger partial charge in [-0.1, -0.05) is 30.0 Å². The molecule has 0 amide bonds. The van der Waals surface area contributed by atoms with E-state index in [0.29, 0.717) is 12.3 Å². The molecule has 0 radical (unpaired) electrons. The molecule has 0 aliphatic rings. The zero-order valence-electron chi connectivity index (χ0n) is 13.6. The number of thioether (sulfide) groups is 1. The predicted molar refractivity (Wildman–Crippen MR) is 94.7 cm³/mol. The number of fused-ring (bicyclic) bond motifs is 1. The van der Waals surface area contributed by atoms with Gasteiger partial charge in [0.2, 0.25) is 5.16 Å². The maximum Gasteiger partial charge on any atom is 0.210 e. The van der Waals surface area contributed by atoms with E-state index < -0.39 is 0 Å². The highest BCUT2D eigenvalue weighted by atomic mass is 32.2. The summed E-state index contributed by atoms with van der Waals surface area (Å²) in [4.78, 5) is 4.60. The summed E-state index contributed by atoms with van der Waals surface area (Å²) in [5.41, 5.74) is 3.05. The summed E-state index contributed by atoms with van der Waals surface area (Å²) in [5, 5.41) is 12.8. The molecule has 1 aromatic carbocycles. The fourth-order valence-corrected chi connectivity index (χ4v) is 3.26. The van der Waals surface area contributed by atoms with Gasteiger partial charge in [-0.05, 0) is 40.3 Å². The summed E-state index contributed by atoms with van der Waals surface area (Å²) in [7, 11) is 1.66. The van der Waals surface area contributed by atoms with E-state index in [2.05, 4.69) is 20.5 Å². The highest BCUT2D eigenvalue weighted by Gasteiger charge is 2.09. The summed E-state index contributed by atoms with van der Waals surface area (Å²) >= 11 is 1.58. The van der Waals surface area contributed by atoms with E-state index in [9.17, 15) is 0 Å². The van der Waals surface area contributed by atoms with Crippen molar-refractivity contribution in [3.63, 3.8) is 0 Å². The molecule has 0 saturated heterocycles. The molecule has 0 spiro atoms. The number of tetrazole rings is 1. The fourth-order valence-electron chi connectivity index (χ4n) is 2.50. The van der Waals surface area contributed by atoms with E-state index in [0.717, 1.165) is 27.8 Å². The van der Waals surface area contributed by atoms with Crippen LogP contribution in [0.4, 0.5) is 0 Å². The molecule has 0 unspecified atom stereocenters. The molecule has 126 valence electrons. The lowest BCUT2D eigenvalue weighted by Crippen LogP contribution is -2.04. The van der Waals surface area contributed by atoms with Crippen molar-refractivity contribution < 1.29 is 4.74 Å². The Labute approximate surface area is 148 Å². The van der Waals surface area contributed by atoms with Gasteiger partial charge >= 0.3 is 0 Å². The van der Waals surface area contributed by atoms with Crippen LogP contribution in [-0.2, 0) is 12.3 Å². The van der Waals surface area contributed by atoms with Crippen LogP contribution in [0.25, 0.3) is 5.65 Å². The van der Waals surface area contributed by atoms with Crippen molar-refractivity contribution in [1.82, 2.24) is 29.6 Å². The molecule has 7 nitrogen and oxygen atoms in total. The van der Waals surface area contributed by atoms with E-state index in [1.54, 1.807) is 23.6 Å². The number of aromatic nitrogens is 6. The molecule has 0 atom stereocenters. The molecule has 0 N–H and O–H groups in total. The van der Waals surface area contributed by atoms with E-state index in [-0.39, 0.29) is 0 Å². The van der Waals surface area contributed by atoms with Crippen molar-refractivity contribution in [3.8, 4) is 5.75 Å². The van der Waals surface area contributed by atoms with Crippen molar-refractivity contribution in [1.29, 1.82) is 0 Å². The van der Waals surface area contributed by atoms with Crippen molar-refractivity contribution in [2.75, 3.05) is 7.11 Å². The van der Waals surface area contributed by atoms with Gasteiger partial charge in [-0.15, -0.1) is 5.10 Å². The molecule has 0 saturated carbocycles. The first-order valence-corrected chi connectivity index (χ1v) is 8.75. The van der Waals surface area contributed by atoms with E-state index in [1.165, 1.54) is 0 Å². The molecule has 4 rings (SSSR count). The zero-order chi connectivity index (χ0) is 17.1. The SMILES string of the molecule is COc1ccc(Cn2nnnc2SCc2cn3ccccc3n2)cc1. The van der Waals surface area contributed by atoms with E-state index >= 15 is 0 Å². The first-order chi connectivity index (χ1) is 12.3. The first kappa shape index (κ1) is 15.6. The van der Waals surface area contributed by atoms with Gasteiger partial charge in [0.05, 0.1) is 19.3 Å². The Morgan fingerprint density at radius 2 is 2.00 bits per heavy atom. The third-order valence-electron chi connectivity index (χ3n) is 3.75. The lowest BCUT2D eigenvalue weighted by atomic mass is 10.2. The molecule has 25 heavy (non-hydrogen) atoms. The molecular formula is C17H16N6OS. The van der Waals surface area contributed by atoms with Crippen molar-refractivity contribution in [2.24, 2.45) is 0 Å². The lowest BCUT2D eigenvalue weighted by molar-refractivity contribution is 0.414. The highest BCUT2D eigenvalue weighted by molar-refractivity contribution is 7.98. The third kappa shape index (κ3) is 3.48. The number of rotatable bonds is 6. The van der Waals surface area contributed by atoms with Gasteiger partial charge in [-0.3, -0.25) is 0 Å². The minimum absolute atomic E-state index is 0.616. The maximum atomic E-state index is 5.18. The van der Waals surface area contributed by atoms with Crippen LogP contribution in [0.3, 0.4) is 0 Å². The fraction of sp³-hybridized carbons (Fsp3) is 0.176. The molecular weight excluding hydrogens is 336 g/mol. The number of methoxy groups -OCH3 is 1. The molecule has 0 aliphatic heterocycles. The number of benzene rings is 1. The molecule has 0 fully saturated rings. The Morgan fingerprint density at radius 1 is 1.12 bits per heavy atom. The van der Waals surface area contributed by atoms with Gasteiger partial charge in [0.15, 0.2) is 0 Å². The number of imidazole rings is 1. The third-order valence-corrected chi connectivity index (χ3v) is 4.74. The van der Waals surface area contributed by atoms with Crippen LogP contribution >= 0.6 is 11.8 Å². The number of nitrogens with zero attached hydrogens (tertiary/aromatic N) is 6. The number of hydrogen-bond donors (Lipinski definition) is 0. The monoisotopic (exact) mass is 352 g/mol. The normalized spacial score (nSPS) is 11.1. The molecule has 0 bridgehead atoms. The Morgan fingerprint density at radius 3 is 2.80 bits per heavy atom. The Balaban J connectivity index is 1.45. The Bertz CT molecular complexity index is 945. The minimum atomic E-state index is 0.616. The largest absolute Gasteiger partial charge is 0.497 e. The number of hydrogen-bond acceptors (Lipinski definition) is 6. The van der Waals surface area contributed by atoms with Crippen molar-refractivity contribution >= 4 is 17.4 Å². The van der Waals surface area contributed by atoms with Crippen LogP contribution in [0.1, 0.15) is 11.3 Å². The van der Waals surface area contributed by atoms with Gasteiger partial charge < -0.3 is 9.14 Å². The Kier molecular flexibility index (Phi) is 4.34. The minimum Gasteiger partial charge on any atom is -0.497 e.